The zero-order chi connectivity index (χ0) is 24.1. The van der Waals surface area contributed by atoms with Crippen molar-refractivity contribution in [2.24, 2.45) is 5.92 Å². The summed E-state index contributed by atoms with van der Waals surface area (Å²) >= 11 is 0. The molecule has 1 aliphatic heterocycles. The van der Waals surface area contributed by atoms with Crippen LogP contribution < -0.4 is 0 Å². The Kier molecular flexibility index (Phi) is 6.28. The van der Waals surface area contributed by atoms with Gasteiger partial charge in [-0.2, -0.15) is 0 Å². The Morgan fingerprint density at radius 3 is 2.44 bits per heavy atom. The van der Waals surface area contributed by atoms with Gasteiger partial charge in [0.15, 0.2) is 0 Å². The molecule has 7 heteroatoms. The summed E-state index contributed by atoms with van der Waals surface area (Å²) in [7, 11) is -2.46. The maximum absolute atomic E-state index is 14.5. The first-order valence-electron chi connectivity index (χ1n) is 10.5. The molecule has 2 heterocycles. The molecule has 0 aliphatic carbocycles. The van der Waals surface area contributed by atoms with Gasteiger partial charge < -0.3 is 4.90 Å². The second kappa shape index (κ2) is 8.25. The standard InChI is InChI=1S/C25H31F3N2OS/c1-16(24(3,4)26)10-18-8-9-21(32(6,7)31)12-22(18)17(2)30-14-19-11-20(25(5,27)28)13-29-23(19)15-30/h8-9,11-13,16H,2,6,10,14-15H2,1,3-5,7H3. The number of hydrogen-bond donors (Lipinski definition) is 0. The molecule has 2 unspecified atom stereocenters. The van der Waals surface area contributed by atoms with E-state index in [1.807, 2.05) is 24.0 Å². The number of rotatable bonds is 7. The van der Waals surface area contributed by atoms with E-state index in [-0.39, 0.29) is 11.5 Å². The van der Waals surface area contributed by atoms with Gasteiger partial charge in [0.1, 0.15) is 5.67 Å². The van der Waals surface area contributed by atoms with Gasteiger partial charge in [0.05, 0.1) is 12.2 Å². The van der Waals surface area contributed by atoms with Crippen LogP contribution in [0.15, 0.2) is 41.9 Å². The predicted molar refractivity (Wildman–Crippen MR) is 126 cm³/mol. The van der Waals surface area contributed by atoms with E-state index in [2.05, 4.69) is 17.4 Å². The van der Waals surface area contributed by atoms with E-state index in [0.717, 1.165) is 29.3 Å². The molecule has 0 N–H and O–H groups in total. The van der Waals surface area contributed by atoms with Crippen molar-refractivity contribution < 1.29 is 17.4 Å². The summed E-state index contributed by atoms with van der Waals surface area (Å²) in [6, 6.07) is 6.95. The molecular formula is C25H31F3N2OS. The quantitative estimate of drug-likeness (QED) is 0.485. The molecule has 3 nitrogen and oxygen atoms in total. The van der Waals surface area contributed by atoms with Gasteiger partial charge in [-0.25, -0.2) is 13.2 Å². The van der Waals surface area contributed by atoms with Crippen LogP contribution >= 0.6 is 0 Å². The lowest BCUT2D eigenvalue weighted by Gasteiger charge is -2.27. The number of pyridine rings is 1. The molecule has 1 aliphatic rings. The number of nitrogens with zero attached hydrogens (tertiary/aromatic N) is 2. The van der Waals surface area contributed by atoms with Crippen LogP contribution in [0.25, 0.3) is 5.70 Å². The number of hydrogen-bond acceptors (Lipinski definition) is 3. The average molecular weight is 465 g/mol. The molecule has 0 bridgehead atoms. The number of benzene rings is 1. The minimum atomic E-state index is -2.96. The topological polar surface area (TPSA) is 33.2 Å². The zero-order valence-electron chi connectivity index (χ0n) is 19.3. The molecule has 0 saturated carbocycles. The molecule has 3 rings (SSSR count). The van der Waals surface area contributed by atoms with E-state index in [1.165, 1.54) is 12.3 Å². The lowest BCUT2D eigenvalue weighted by atomic mass is 9.86. The summed E-state index contributed by atoms with van der Waals surface area (Å²) in [5.41, 5.74) is 2.31. The number of halogens is 3. The Morgan fingerprint density at radius 1 is 1.22 bits per heavy atom. The predicted octanol–water partition coefficient (Wildman–Crippen LogP) is 5.81. The molecule has 0 amide bonds. The van der Waals surface area contributed by atoms with Gasteiger partial charge >= 0.3 is 0 Å². The zero-order valence-corrected chi connectivity index (χ0v) is 20.2. The molecule has 0 saturated heterocycles. The average Bonchev–Trinajstić information content (AvgIpc) is 3.08. The summed E-state index contributed by atoms with van der Waals surface area (Å²) in [5.74, 6) is 0.565. The highest BCUT2D eigenvalue weighted by molar-refractivity contribution is 7.99. The van der Waals surface area contributed by atoms with Crippen LogP contribution in [0.2, 0.25) is 0 Å². The third-order valence-corrected chi connectivity index (χ3v) is 7.49. The van der Waals surface area contributed by atoms with Crippen LogP contribution in [0.5, 0.6) is 0 Å². The van der Waals surface area contributed by atoms with Crippen molar-refractivity contribution in [1.82, 2.24) is 9.88 Å². The highest BCUT2D eigenvalue weighted by Crippen LogP contribution is 2.36. The van der Waals surface area contributed by atoms with E-state index in [0.29, 0.717) is 30.1 Å². The van der Waals surface area contributed by atoms with Crippen LogP contribution in [0.3, 0.4) is 0 Å². The first kappa shape index (κ1) is 24.4. The summed E-state index contributed by atoms with van der Waals surface area (Å²) in [5, 5.41) is 0. The second-order valence-corrected chi connectivity index (χ2v) is 12.0. The van der Waals surface area contributed by atoms with Gasteiger partial charge in [0.2, 0.25) is 0 Å². The molecule has 32 heavy (non-hydrogen) atoms. The van der Waals surface area contributed by atoms with Crippen molar-refractivity contribution >= 4 is 21.1 Å². The maximum atomic E-state index is 14.5. The van der Waals surface area contributed by atoms with Crippen LogP contribution in [-0.4, -0.2) is 31.9 Å². The number of alkyl halides is 3. The van der Waals surface area contributed by atoms with Crippen molar-refractivity contribution in [1.29, 1.82) is 0 Å². The number of aromatic nitrogens is 1. The summed E-state index contributed by atoms with van der Waals surface area (Å²) in [4.78, 5) is 6.80. The van der Waals surface area contributed by atoms with E-state index < -0.39 is 21.1 Å². The monoisotopic (exact) mass is 464 g/mol. The molecule has 0 radical (unpaired) electrons. The third-order valence-electron chi connectivity index (χ3n) is 6.24. The molecule has 1 aromatic heterocycles. The van der Waals surface area contributed by atoms with Crippen molar-refractivity contribution in [2.45, 2.75) is 63.7 Å². The van der Waals surface area contributed by atoms with Crippen molar-refractivity contribution in [3.05, 3.63) is 65.0 Å². The van der Waals surface area contributed by atoms with Crippen LogP contribution in [0, 0.1) is 5.92 Å². The van der Waals surface area contributed by atoms with Gasteiger partial charge in [-0.05, 0) is 70.9 Å². The molecule has 1 aromatic carbocycles. The van der Waals surface area contributed by atoms with E-state index in [1.54, 1.807) is 26.2 Å². The van der Waals surface area contributed by atoms with E-state index >= 15 is 0 Å². The number of fused-ring (bicyclic) bond motifs is 1. The normalized spacial score (nSPS) is 17.1. The van der Waals surface area contributed by atoms with Crippen molar-refractivity contribution in [2.75, 3.05) is 6.26 Å². The van der Waals surface area contributed by atoms with Gasteiger partial charge in [-0.1, -0.05) is 19.6 Å². The molecular weight excluding hydrogens is 433 g/mol. The van der Waals surface area contributed by atoms with Crippen LogP contribution in [0.4, 0.5) is 13.2 Å². The van der Waals surface area contributed by atoms with E-state index in [4.69, 9.17) is 0 Å². The Labute approximate surface area is 189 Å². The smallest absolute Gasteiger partial charge is 0.272 e. The van der Waals surface area contributed by atoms with Gasteiger partial charge in [-0.3, -0.25) is 9.19 Å². The molecule has 2 aromatic rings. The SMILES string of the molecule is C=C(c1cc(S(=C)(C)=O)ccc1CC(C)C(C)(C)F)N1Cc2cc(C(C)(F)F)cnc2C1. The fourth-order valence-corrected chi connectivity index (χ4v) is 4.43. The Hall–Kier alpha value is -2.28. The molecule has 174 valence electrons. The Morgan fingerprint density at radius 2 is 1.88 bits per heavy atom. The van der Waals surface area contributed by atoms with Gasteiger partial charge in [0, 0.05) is 47.6 Å². The minimum absolute atomic E-state index is 0.117. The largest absolute Gasteiger partial charge is 0.361 e. The lowest BCUT2D eigenvalue weighted by Crippen LogP contribution is -2.26. The summed E-state index contributed by atoms with van der Waals surface area (Å²) < 4.78 is 54.6. The minimum Gasteiger partial charge on any atom is -0.361 e. The Bertz CT molecular complexity index is 1140. The van der Waals surface area contributed by atoms with Crippen molar-refractivity contribution in [3.63, 3.8) is 0 Å². The second-order valence-electron chi connectivity index (χ2n) is 9.51. The third kappa shape index (κ3) is 5.20. The summed E-state index contributed by atoms with van der Waals surface area (Å²) in [6.45, 7) is 10.9. The van der Waals surface area contributed by atoms with E-state index in [9.17, 15) is 17.4 Å². The Balaban J connectivity index is 1.97. The molecule has 0 fully saturated rings. The van der Waals surface area contributed by atoms with Gasteiger partial charge in [-0.15, -0.1) is 0 Å². The first-order valence-corrected chi connectivity index (χ1v) is 12.7. The lowest BCUT2D eigenvalue weighted by molar-refractivity contribution is 0.0170. The first-order chi connectivity index (χ1) is 14.6. The summed E-state index contributed by atoms with van der Waals surface area (Å²) in [6.07, 6.45) is 3.27. The molecule has 0 spiro atoms. The highest BCUT2D eigenvalue weighted by atomic mass is 32.2. The van der Waals surface area contributed by atoms with Crippen LogP contribution in [-0.2, 0) is 35.0 Å². The van der Waals surface area contributed by atoms with Crippen molar-refractivity contribution in [3.8, 4) is 0 Å². The van der Waals surface area contributed by atoms with Gasteiger partial charge in [0.25, 0.3) is 5.92 Å². The fraction of sp³-hybridized carbons (Fsp3) is 0.440. The van der Waals surface area contributed by atoms with Crippen LogP contribution in [0.1, 0.15) is 55.6 Å². The maximum Gasteiger partial charge on any atom is 0.272 e. The molecule has 2 atom stereocenters. The fourth-order valence-electron chi connectivity index (χ4n) is 3.70. The highest BCUT2D eigenvalue weighted by Gasteiger charge is 2.30.